The monoisotopic (exact) mass is 248 g/mol. The zero-order chi connectivity index (χ0) is 13.1. The van der Waals surface area contributed by atoms with Gasteiger partial charge in [-0.2, -0.15) is 13.2 Å². The van der Waals surface area contributed by atoms with Gasteiger partial charge in [0, 0.05) is 19.8 Å². The number of hydrogen-bond donors (Lipinski definition) is 1. The molecule has 0 heterocycles. The van der Waals surface area contributed by atoms with Crippen molar-refractivity contribution in [2.45, 2.75) is 12.6 Å². The van der Waals surface area contributed by atoms with Crippen molar-refractivity contribution in [1.29, 1.82) is 0 Å². The van der Waals surface area contributed by atoms with E-state index in [4.69, 9.17) is 5.90 Å². The van der Waals surface area contributed by atoms with Gasteiger partial charge in [0.2, 0.25) is 0 Å². The number of halogens is 3. The Morgan fingerprint density at radius 3 is 2.41 bits per heavy atom. The van der Waals surface area contributed by atoms with Crippen LogP contribution < -0.4 is 10.8 Å². The quantitative estimate of drug-likeness (QED) is 0.830. The summed E-state index contributed by atoms with van der Waals surface area (Å²) in [5.74, 6) is 4.84. The van der Waals surface area contributed by atoms with Crippen molar-refractivity contribution in [3.63, 3.8) is 0 Å². The summed E-state index contributed by atoms with van der Waals surface area (Å²) < 4.78 is 38.2. The Kier molecular flexibility index (Phi) is 4.36. The lowest BCUT2D eigenvalue weighted by Crippen LogP contribution is -2.15. The maximum atomic E-state index is 12.7. The van der Waals surface area contributed by atoms with Crippen molar-refractivity contribution in [2.24, 2.45) is 5.90 Å². The lowest BCUT2D eigenvalue weighted by molar-refractivity contribution is -0.138. The number of alkyl halides is 3. The van der Waals surface area contributed by atoms with E-state index in [1.807, 2.05) is 0 Å². The zero-order valence-corrected chi connectivity index (χ0v) is 9.71. The van der Waals surface area contributed by atoms with Crippen LogP contribution in [0.15, 0.2) is 18.2 Å². The van der Waals surface area contributed by atoms with Gasteiger partial charge in [0.1, 0.15) is 0 Å². The van der Waals surface area contributed by atoms with Gasteiger partial charge in [-0.15, -0.1) is 0 Å². The van der Waals surface area contributed by atoms with E-state index >= 15 is 0 Å². The van der Waals surface area contributed by atoms with E-state index in [0.29, 0.717) is 5.69 Å². The molecule has 96 valence electrons. The van der Waals surface area contributed by atoms with Gasteiger partial charge < -0.3 is 9.74 Å². The molecule has 0 amide bonds. The molecule has 0 aliphatic rings. The van der Waals surface area contributed by atoms with Crippen LogP contribution in [0.25, 0.3) is 0 Å². The van der Waals surface area contributed by atoms with Crippen molar-refractivity contribution in [1.82, 2.24) is 0 Å². The predicted octanol–water partition coefficient (Wildman–Crippen LogP) is 2.20. The highest BCUT2D eigenvalue weighted by Crippen LogP contribution is 2.34. The Labute approximate surface area is 97.9 Å². The fourth-order valence-corrected chi connectivity index (χ4v) is 1.51. The van der Waals surface area contributed by atoms with Crippen molar-refractivity contribution in [3.8, 4) is 0 Å². The molecule has 0 aromatic heterocycles. The summed E-state index contributed by atoms with van der Waals surface area (Å²) in [6.07, 6.45) is -4.22. The van der Waals surface area contributed by atoms with Crippen LogP contribution in [0.3, 0.4) is 0 Å². The lowest BCUT2D eigenvalue weighted by Gasteiger charge is -2.18. The normalized spacial score (nSPS) is 11.6. The Balaban J connectivity index is 3.12. The average Bonchev–Trinajstić information content (AvgIpc) is 2.24. The van der Waals surface area contributed by atoms with Crippen LogP contribution in [0.5, 0.6) is 0 Å². The molecule has 1 aromatic carbocycles. The van der Waals surface area contributed by atoms with Gasteiger partial charge in [-0.3, -0.25) is 0 Å². The van der Waals surface area contributed by atoms with Crippen LogP contribution in [-0.2, 0) is 17.4 Å². The molecule has 17 heavy (non-hydrogen) atoms. The molecule has 0 radical (unpaired) electrons. The summed E-state index contributed by atoms with van der Waals surface area (Å²) in [6.45, 7) is 0.0555. The molecule has 6 heteroatoms. The maximum absolute atomic E-state index is 12.7. The van der Waals surface area contributed by atoms with E-state index < -0.39 is 11.7 Å². The van der Waals surface area contributed by atoms with Gasteiger partial charge in [-0.05, 0) is 30.2 Å². The summed E-state index contributed by atoms with van der Waals surface area (Å²) in [5.41, 5.74) is 0.263. The topological polar surface area (TPSA) is 38.5 Å². The first kappa shape index (κ1) is 13.8. The second-order valence-corrected chi connectivity index (χ2v) is 3.85. The van der Waals surface area contributed by atoms with Crippen LogP contribution in [0, 0.1) is 0 Å². The van der Waals surface area contributed by atoms with Crippen LogP contribution in [0.2, 0.25) is 0 Å². The molecule has 1 rings (SSSR count). The van der Waals surface area contributed by atoms with Crippen LogP contribution in [0.4, 0.5) is 18.9 Å². The predicted molar refractivity (Wildman–Crippen MR) is 59.6 cm³/mol. The molecule has 0 aliphatic carbocycles. The number of anilines is 1. The van der Waals surface area contributed by atoms with Crippen LogP contribution >= 0.6 is 0 Å². The number of benzene rings is 1. The van der Waals surface area contributed by atoms with E-state index in [1.165, 1.54) is 12.1 Å². The minimum Gasteiger partial charge on any atom is -0.378 e. The molecule has 0 aliphatic heterocycles. The minimum atomic E-state index is -4.35. The molecule has 0 saturated heterocycles. The average molecular weight is 248 g/mol. The minimum absolute atomic E-state index is 0.0555. The Morgan fingerprint density at radius 1 is 1.29 bits per heavy atom. The van der Waals surface area contributed by atoms with Gasteiger partial charge in [-0.25, -0.2) is 5.90 Å². The summed E-state index contributed by atoms with van der Waals surface area (Å²) in [6, 6.07) is 4.03. The number of nitrogens with zero attached hydrogens (tertiary/aromatic N) is 1. The molecule has 0 saturated carbocycles. The second kappa shape index (κ2) is 5.37. The number of rotatable bonds is 4. The standard InChI is InChI=1S/C11H15F3N2O/c1-16(2)9-3-4-10(11(12,13)14)8(7-9)5-6-17-15/h3-4,7H,5-6,15H2,1-2H3. The van der Waals surface area contributed by atoms with E-state index in [0.717, 1.165) is 6.07 Å². The third-order valence-corrected chi connectivity index (χ3v) is 2.40. The summed E-state index contributed by atoms with van der Waals surface area (Å²) in [5, 5.41) is 0. The molecule has 3 nitrogen and oxygen atoms in total. The molecule has 1 aromatic rings. The van der Waals surface area contributed by atoms with Crippen molar-refractivity contribution in [2.75, 3.05) is 25.6 Å². The van der Waals surface area contributed by atoms with Gasteiger partial charge >= 0.3 is 6.18 Å². The first-order valence-corrected chi connectivity index (χ1v) is 5.05. The molecule has 0 bridgehead atoms. The van der Waals surface area contributed by atoms with Crippen molar-refractivity contribution >= 4 is 5.69 Å². The largest absolute Gasteiger partial charge is 0.416 e. The van der Waals surface area contributed by atoms with E-state index in [-0.39, 0.29) is 18.6 Å². The van der Waals surface area contributed by atoms with Crippen molar-refractivity contribution in [3.05, 3.63) is 29.3 Å². The lowest BCUT2D eigenvalue weighted by atomic mass is 10.0. The fraction of sp³-hybridized carbons (Fsp3) is 0.455. The van der Waals surface area contributed by atoms with E-state index in [2.05, 4.69) is 4.84 Å². The van der Waals surface area contributed by atoms with E-state index in [1.54, 1.807) is 19.0 Å². The summed E-state index contributed by atoms with van der Waals surface area (Å²) in [4.78, 5) is 6.08. The molecule has 2 N–H and O–H groups in total. The molecular weight excluding hydrogens is 233 g/mol. The number of nitrogens with two attached hydrogens (primary N) is 1. The summed E-state index contributed by atoms with van der Waals surface area (Å²) >= 11 is 0. The van der Waals surface area contributed by atoms with Crippen LogP contribution in [-0.4, -0.2) is 20.7 Å². The highest BCUT2D eigenvalue weighted by atomic mass is 19.4. The third-order valence-electron chi connectivity index (χ3n) is 2.40. The molecule has 0 spiro atoms. The maximum Gasteiger partial charge on any atom is 0.416 e. The first-order valence-electron chi connectivity index (χ1n) is 5.05. The van der Waals surface area contributed by atoms with Gasteiger partial charge in [0.15, 0.2) is 0 Å². The zero-order valence-electron chi connectivity index (χ0n) is 9.71. The fourth-order valence-electron chi connectivity index (χ4n) is 1.51. The molecule has 0 atom stereocenters. The van der Waals surface area contributed by atoms with Gasteiger partial charge in [-0.1, -0.05) is 0 Å². The Morgan fingerprint density at radius 2 is 1.94 bits per heavy atom. The second-order valence-electron chi connectivity index (χ2n) is 3.85. The van der Waals surface area contributed by atoms with Gasteiger partial charge in [0.05, 0.1) is 12.2 Å². The molecular formula is C11H15F3N2O. The van der Waals surface area contributed by atoms with Crippen molar-refractivity contribution < 1.29 is 18.0 Å². The smallest absolute Gasteiger partial charge is 0.378 e. The highest BCUT2D eigenvalue weighted by molar-refractivity contribution is 5.50. The Bertz CT molecular complexity index is 377. The molecule has 0 unspecified atom stereocenters. The third kappa shape index (κ3) is 3.61. The van der Waals surface area contributed by atoms with Gasteiger partial charge in [0.25, 0.3) is 0 Å². The number of hydrogen-bond acceptors (Lipinski definition) is 3. The Hall–Kier alpha value is -1.27. The highest BCUT2D eigenvalue weighted by Gasteiger charge is 2.33. The molecule has 0 fully saturated rings. The SMILES string of the molecule is CN(C)c1ccc(C(F)(F)F)c(CCON)c1. The van der Waals surface area contributed by atoms with E-state index in [9.17, 15) is 13.2 Å². The van der Waals surface area contributed by atoms with Crippen LogP contribution in [0.1, 0.15) is 11.1 Å². The summed E-state index contributed by atoms with van der Waals surface area (Å²) in [7, 11) is 3.54. The first-order chi connectivity index (χ1) is 7.86.